The van der Waals surface area contributed by atoms with Gasteiger partial charge in [-0.15, -0.1) is 0 Å². The monoisotopic (exact) mass is 252 g/mol. The summed E-state index contributed by atoms with van der Waals surface area (Å²) in [5.41, 5.74) is 5.62. The second-order valence-electron chi connectivity index (χ2n) is 6.14. The summed E-state index contributed by atoms with van der Waals surface area (Å²) in [6, 6.07) is 0.499. The summed E-state index contributed by atoms with van der Waals surface area (Å²) in [4.78, 5) is 14.7. The fraction of sp³-hybridized carbons (Fsp3) is 0.933. The Morgan fingerprint density at radius 2 is 1.83 bits per heavy atom. The normalized spacial score (nSPS) is 28.8. The predicted molar refractivity (Wildman–Crippen MR) is 74.1 cm³/mol. The van der Waals surface area contributed by atoms with Crippen molar-refractivity contribution in [3.8, 4) is 0 Å². The van der Waals surface area contributed by atoms with E-state index in [-0.39, 0.29) is 0 Å². The molecule has 2 N–H and O–H groups in total. The van der Waals surface area contributed by atoms with Gasteiger partial charge < -0.3 is 10.6 Å². The van der Waals surface area contributed by atoms with E-state index in [2.05, 4.69) is 11.8 Å². The third-order valence-electron chi connectivity index (χ3n) is 4.58. The molecule has 1 amide bonds. The van der Waals surface area contributed by atoms with Crippen molar-refractivity contribution in [3.05, 3.63) is 0 Å². The van der Waals surface area contributed by atoms with E-state index in [0.29, 0.717) is 30.3 Å². The molecule has 3 heteroatoms. The molecule has 2 aliphatic carbocycles. The van der Waals surface area contributed by atoms with Crippen molar-refractivity contribution in [3.63, 3.8) is 0 Å². The van der Waals surface area contributed by atoms with Crippen molar-refractivity contribution in [2.24, 2.45) is 17.6 Å². The highest BCUT2D eigenvalue weighted by molar-refractivity contribution is 5.81. The van der Waals surface area contributed by atoms with Gasteiger partial charge >= 0.3 is 0 Å². The molecule has 0 spiro atoms. The molecule has 0 aromatic heterocycles. The molecule has 2 saturated carbocycles. The van der Waals surface area contributed by atoms with Gasteiger partial charge in [-0.2, -0.15) is 0 Å². The quantitative estimate of drug-likeness (QED) is 0.764. The lowest BCUT2D eigenvalue weighted by molar-refractivity contribution is -0.135. The molecule has 0 aromatic carbocycles. The molecule has 2 aliphatic rings. The van der Waals surface area contributed by atoms with Crippen molar-refractivity contribution < 1.29 is 4.79 Å². The summed E-state index contributed by atoms with van der Waals surface area (Å²) in [7, 11) is 0. The van der Waals surface area contributed by atoms with E-state index >= 15 is 0 Å². The zero-order valence-corrected chi connectivity index (χ0v) is 11.7. The summed E-state index contributed by atoms with van der Waals surface area (Å²) in [5.74, 6) is 1.36. The molecule has 0 radical (unpaired) electrons. The molecule has 2 unspecified atom stereocenters. The van der Waals surface area contributed by atoms with Crippen LogP contribution in [0.25, 0.3) is 0 Å². The van der Waals surface area contributed by atoms with Crippen LogP contribution in [0.2, 0.25) is 0 Å². The molecular formula is C15H28N2O. The Hall–Kier alpha value is -0.570. The Morgan fingerprint density at radius 1 is 1.22 bits per heavy atom. The maximum atomic E-state index is 12.5. The second-order valence-corrected chi connectivity index (χ2v) is 6.14. The standard InChI is InChI=1S/C15H28N2O/c1-12-11-14(12)15(18)17(10-6-9-16)13-7-4-2-3-5-8-13/h12-14H,2-11,16H2,1H3. The number of amides is 1. The van der Waals surface area contributed by atoms with Crippen LogP contribution >= 0.6 is 0 Å². The van der Waals surface area contributed by atoms with E-state index in [1.807, 2.05) is 0 Å². The van der Waals surface area contributed by atoms with Crippen molar-refractivity contribution >= 4 is 5.91 Å². The van der Waals surface area contributed by atoms with Gasteiger partial charge in [0.05, 0.1) is 0 Å². The maximum absolute atomic E-state index is 12.5. The molecule has 0 aromatic rings. The number of nitrogens with two attached hydrogens (primary N) is 1. The summed E-state index contributed by atoms with van der Waals surface area (Å²) in [6.45, 7) is 3.76. The van der Waals surface area contributed by atoms with Crippen LogP contribution in [0.3, 0.4) is 0 Å². The van der Waals surface area contributed by atoms with Crippen molar-refractivity contribution in [1.29, 1.82) is 0 Å². The Labute approximate surface area is 111 Å². The summed E-state index contributed by atoms with van der Waals surface area (Å²) in [5, 5.41) is 0. The summed E-state index contributed by atoms with van der Waals surface area (Å²) >= 11 is 0. The highest BCUT2D eigenvalue weighted by Gasteiger charge is 2.42. The van der Waals surface area contributed by atoms with E-state index < -0.39 is 0 Å². The first kappa shape index (κ1) is 13.9. The van der Waals surface area contributed by atoms with Crippen LogP contribution in [0.15, 0.2) is 0 Å². The van der Waals surface area contributed by atoms with Gasteiger partial charge in [-0.1, -0.05) is 32.6 Å². The lowest BCUT2D eigenvalue weighted by atomic mass is 10.1. The van der Waals surface area contributed by atoms with Crippen LogP contribution in [-0.2, 0) is 4.79 Å². The average Bonchev–Trinajstić information content (AvgIpc) is 3.13. The highest BCUT2D eigenvalue weighted by Crippen LogP contribution is 2.40. The molecule has 0 saturated heterocycles. The molecular weight excluding hydrogens is 224 g/mol. The average molecular weight is 252 g/mol. The number of rotatable bonds is 5. The van der Waals surface area contributed by atoms with Gasteiger partial charge in [0.2, 0.25) is 5.91 Å². The maximum Gasteiger partial charge on any atom is 0.226 e. The topological polar surface area (TPSA) is 46.3 Å². The van der Waals surface area contributed by atoms with Crippen LogP contribution in [-0.4, -0.2) is 29.9 Å². The Kier molecular flexibility index (Phi) is 5.04. The SMILES string of the molecule is CC1CC1C(=O)N(CCCN)C1CCCCCC1. The lowest BCUT2D eigenvalue weighted by Crippen LogP contribution is -2.42. The first-order chi connectivity index (χ1) is 8.74. The lowest BCUT2D eigenvalue weighted by Gasteiger charge is -2.31. The zero-order valence-electron chi connectivity index (χ0n) is 11.7. The number of hydrogen-bond donors (Lipinski definition) is 1. The second kappa shape index (κ2) is 6.55. The minimum Gasteiger partial charge on any atom is -0.339 e. The first-order valence-electron chi connectivity index (χ1n) is 7.74. The van der Waals surface area contributed by atoms with Gasteiger partial charge in [0.15, 0.2) is 0 Å². The van der Waals surface area contributed by atoms with Gasteiger partial charge in [0.1, 0.15) is 0 Å². The van der Waals surface area contributed by atoms with E-state index in [1.54, 1.807) is 0 Å². The molecule has 2 fully saturated rings. The number of nitrogens with zero attached hydrogens (tertiary/aromatic N) is 1. The minimum atomic E-state index is 0.325. The van der Waals surface area contributed by atoms with Gasteiger partial charge in [-0.05, 0) is 38.1 Å². The molecule has 3 nitrogen and oxygen atoms in total. The molecule has 0 bridgehead atoms. The van der Waals surface area contributed by atoms with Gasteiger partial charge in [0, 0.05) is 18.5 Å². The molecule has 2 atom stereocenters. The number of carbonyl (C=O) groups excluding carboxylic acids is 1. The van der Waals surface area contributed by atoms with Crippen molar-refractivity contribution in [2.45, 2.75) is 64.3 Å². The predicted octanol–water partition coefficient (Wildman–Crippen LogP) is 2.54. The minimum absolute atomic E-state index is 0.325. The smallest absolute Gasteiger partial charge is 0.226 e. The van der Waals surface area contributed by atoms with Gasteiger partial charge in [-0.25, -0.2) is 0 Å². The Bertz CT molecular complexity index is 272. The fourth-order valence-corrected chi connectivity index (χ4v) is 3.18. The third-order valence-corrected chi connectivity index (χ3v) is 4.58. The zero-order chi connectivity index (χ0) is 13.0. The van der Waals surface area contributed by atoms with E-state index in [0.717, 1.165) is 19.4 Å². The summed E-state index contributed by atoms with van der Waals surface area (Å²) < 4.78 is 0. The third kappa shape index (κ3) is 3.47. The molecule has 104 valence electrons. The van der Waals surface area contributed by atoms with Crippen LogP contribution < -0.4 is 5.73 Å². The van der Waals surface area contributed by atoms with Crippen LogP contribution in [0.5, 0.6) is 0 Å². The van der Waals surface area contributed by atoms with Crippen LogP contribution in [0.1, 0.15) is 58.3 Å². The van der Waals surface area contributed by atoms with Gasteiger partial charge in [-0.3, -0.25) is 4.79 Å². The van der Waals surface area contributed by atoms with Crippen molar-refractivity contribution in [1.82, 2.24) is 4.90 Å². The van der Waals surface area contributed by atoms with Crippen molar-refractivity contribution in [2.75, 3.05) is 13.1 Å². The molecule has 18 heavy (non-hydrogen) atoms. The largest absolute Gasteiger partial charge is 0.339 e. The first-order valence-corrected chi connectivity index (χ1v) is 7.74. The molecule has 0 aliphatic heterocycles. The van der Waals surface area contributed by atoms with Crippen LogP contribution in [0.4, 0.5) is 0 Å². The summed E-state index contributed by atoms with van der Waals surface area (Å²) in [6.07, 6.45) is 9.72. The Balaban J connectivity index is 1.95. The van der Waals surface area contributed by atoms with Gasteiger partial charge in [0.25, 0.3) is 0 Å². The van der Waals surface area contributed by atoms with E-state index in [9.17, 15) is 4.79 Å². The van der Waals surface area contributed by atoms with E-state index in [4.69, 9.17) is 5.73 Å². The fourth-order valence-electron chi connectivity index (χ4n) is 3.18. The van der Waals surface area contributed by atoms with Crippen LogP contribution in [0, 0.1) is 11.8 Å². The highest BCUT2D eigenvalue weighted by atomic mass is 16.2. The Morgan fingerprint density at radius 3 is 2.33 bits per heavy atom. The van der Waals surface area contributed by atoms with E-state index in [1.165, 1.54) is 38.5 Å². The molecule has 0 heterocycles. The number of carbonyl (C=O) groups is 1. The molecule has 2 rings (SSSR count). The number of hydrogen-bond acceptors (Lipinski definition) is 2.